The Morgan fingerprint density at radius 3 is 2.94 bits per heavy atom. The lowest BCUT2D eigenvalue weighted by Gasteiger charge is -2.12. The van der Waals surface area contributed by atoms with Crippen molar-refractivity contribution in [3.63, 3.8) is 0 Å². The van der Waals surface area contributed by atoms with E-state index in [1.807, 2.05) is 6.92 Å². The lowest BCUT2D eigenvalue weighted by atomic mass is 10.1. The zero-order chi connectivity index (χ0) is 13.1. The standard InChI is InChI=1S/C12H15N5O/c1-7-10(5-9(13)6-16-7)12(18)17-8(2)11-14-3-4-15-11/h3-6,8H,13H2,1-2H3,(H,14,15)(H,17,18). The molecule has 0 saturated carbocycles. The minimum Gasteiger partial charge on any atom is -0.397 e. The van der Waals surface area contributed by atoms with E-state index in [4.69, 9.17) is 5.73 Å². The van der Waals surface area contributed by atoms with Gasteiger partial charge in [-0.25, -0.2) is 4.98 Å². The fraction of sp³-hybridized carbons (Fsp3) is 0.250. The second-order valence-electron chi connectivity index (χ2n) is 4.07. The van der Waals surface area contributed by atoms with Gasteiger partial charge in [0.1, 0.15) is 5.82 Å². The number of hydrogen-bond donors (Lipinski definition) is 3. The van der Waals surface area contributed by atoms with Crippen molar-refractivity contribution >= 4 is 11.6 Å². The average Bonchev–Trinajstić information content (AvgIpc) is 2.85. The first-order chi connectivity index (χ1) is 8.58. The van der Waals surface area contributed by atoms with E-state index < -0.39 is 0 Å². The van der Waals surface area contributed by atoms with Crippen LogP contribution in [-0.2, 0) is 0 Å². The predicted molar refractivity (Wildman–Crippen MR) is 67.9 cm³/mol. The molecule has 2 heterocycles. The molecule has 4 N–H and O–H groups in total. The summed E-state index contributed by atoms with van der Waals surface area (Å²) >= 11 is 0. The third kappa shape index (κ3) is 2.48. The molecule has 18 heavy (non-hydrogen) atoms. The van der Waals surface area contributed by atoms with Crippen molar-refractivity contribution in [2.45, 2.75) is 19.9 Å². The van der Waals surface area contributed by atoms with Gasteiger partial charge >= 0.3 is 0 Å². The molecule has 0 saturated heterocycles. The Kier molecular flexibility index (Phi) is 3.27. The summed E-state index contributed by atoms with van der Waals surface area (Å²) in [6.07, 6.45) is 4.89. The van der Waals surface area contributed by atoms with Gasteiger partial charge in [0.15, 0.2) is 0 Å². The van der Waals surface area contributed by atoms with E-state index in [9.17, 15) is 4.79 Å². The van der Waals surface area contributed by atoms with Crippen LogP contribution < -0.4 is 11.1 Å². The van der Waals surface area contributed by atoms with Crippen LogP contribution in [0.25, 0.3) is 0 Å². The van der Waals surface area contributed by atoms with Gasteiger partial charge in [-0.3, -0.25) is 9.78 Å². The third-order valence-electron chi connectivity index (χ3n) is 2.63. The highest BCUT2D eigenvalue weighted by Crippen LogP contribution is 2.12. The Labute approximate surface area is 105 Å². The molecule has 94 valence electrons. The van der Waals surface area contributed by atoms with Crippen molar-refractivity contribution in [1.82, 2.24) is 20.3 Å². The van der Waals surface area contributed by atoms with Crippen LogP contribution in [0.15, 0.2) is 24.7 Å². The average molecular weight is 245 g/mol. The van der Waals surface area contributed by atoms with E-state index in [0.717, 1.165) is 0 Å². The number of amides is 1. The van der Waals surface area contributed by atoms with Crippen LogP contribution in [0.2, 0.25) is 0 Å². The van der Waals surface area contributed by atoms with Crippen LogP contribution in [-0.4, -0.2) is 20.9 Å². The first kappa shape index (κ1) is 12.1. The molecule has 2 rings (SSSR count). The molecular formula is C12H15N5O. The second kappa shape index (κ2) is 4.87. The molecule has 0 bridgehead atoms. The second-order valence-corrected chi connectivity index (χ2v) is 4.07. The fourth-order valence-corrected chi connectivity index (χ4v) is 1.64. The Morgan fingerprint density at radius 2 is 2.28 bits per heavy atom. The quantitative estimate of drug-likeness (QED) is 0.756. The predicted octanol–water partition coefficient (Wildman–Crippen LogP) is 1.19. The molecule has 0 fully saturated rings. The number of nitrogens with two attached hydrogens (primary N) is 1. The van der Waals surface area contributed by atoms with Crippen molar-refractivity contribution in [3.05, 3.63) is 41.7 Å². The molecule has 1 atom stereocenters. The van der Waals surface area contributed by atoms with E-state index in [0.29, 0.717) is 22.8 Å². The van der Waals surface area contributed by atoms with Crippen molar-refractivity contribution < 1.29 is 4.79 Å². The van der Waals surface area contributed by atoms with Crippen molar-refractivity contribution in [3.8, 4) is 0 Å². The molecule has 0 radical (unpaired) electrons. The van der Waals surface area contributed by atoms with Gasteiger partial charge in [-0.1, -0.05) is 0 Å². The monoisotopic (exact) mass is 245 g/mol. The molecule has 1 unspecified atom stereocenters. The number of nitrogens with zero attached hydrogens (tertiary/aromatic N) is 2. The Hall–Kier alpha value is -2.37. The van der Waals surface area contributed by atoms with Gasteiger partial charge < -0.3 is 16.0 Å². The van der Waals surface area contributed by atoms with Crippen LogP contribution in [0.3, 0.4) is 0 Å². The lowest BCUT2D eigenvalue weighted by Crippen LogP contribution is -2.28. The summed E-state index contributed by atoms with van der Waals surface area (Å²) < 4.78 is 0. The van der Waals surface area contributed by atoms with E-state index in [-0.39, 0.29) is 11.9 Å². The van der Waals surface area contributed by atoms with E-state index in [2.05, 4.69) is 20.3 Å². The van der Waals surface area contributed by atoms with Crippen LogP contribution in [0.5, 0.6) is 0 Å². The minimum atomic E-state index is -0.212. The SMILES string of the molecule is Cc1ncc(N)cc1C(=O)NC(C)c1ncc[nH]1. The highest BCUT2D eigenvalue weighted by molar-refractivity contribution is 5.96. The van der Waals surface area contributed by atoms with E-state index in [1.165, 1.54) is 6.20 Å². The number of aromatic nitrogens is 3. The number of aryl methyl sites for hydroxylation is 1. The van der Waals surface area contributed by atoms with Gasteiger partial charge in [0.25, 0.3) is 5.91 Å². The number of anilines is 1. The maximum Gasteiger partial charge on any atom is 0.253 e. The van der Waals surface area contributed by atoms with Gasteiger partial charge in [0.2, 0.25) is 0 Å². The molecule has 0 aliphatic carbocycles. The number of carbonyl (C=O) groups is 1. The van der Waals surface area contributed by atoms with Crippen LogP contribution in [0.1, 0.15) is 34.8 Å². The van der Waals surface area contributed by atoms with Gasteiger partial charge in [-0.15, -0.1) is 0 Å². The van der Waals surface area contributed by atoms with Crippen molar-refractivity contribution in [2.75, 3.05) is 5.73 Å². The Bertz CT molecular complexity index is 550. The molecule has 0 spiro atoms. The smallest absolute Gasteiger partial charge is 0.253 e. The maximum atomic E-state index is 12.1. The molecule has 2 aromatic heterocycles. The summed E-state index contributed by atoms with van der Waals surface area (Å²) in [6, 6.07) is 1.42. The number of nitrogens with one attached hydrogen (secondary N) is 2. The molecule has 6 nitrogen and oxygen atoms in total. The number of rotatable bonds is 3. The molecule has 1 amide bonds. The number of aromatic amines is 1. The maximum absolute atomic E-state index is 12.1. The van der Waals surface area contributed by atoms with E-state index >= 15 is 0 Å². The molecular weight excluding hydrogens is 230 g/mol. The lowest BCUT2D eigenvalue weighted by molar-refractivity contribution is 0.0937. The number of pyridine rings is 1. The number of hydrogen-bond acceptors (Lipinski definition) is 4. The fourth-order valence-electron chi connectivity index (χ4n) is 1.64. The van der Waals surface area contributed by atoms with E-state index in [1.54, 1.807) is 25.4 Å². The summed E-state index contributed by atoms with van der Waals surface area (Å²) in [7, 11) is 0. The Balaban J connectivity index is 2.15. The Morgan fingerprint density at radius 1 is 1.50 bits per heavy atom. The van der Waals surface area contributed by atoms with Gasteiger partial charge in [-0.05, 0) is 19.9 Å². The largest absolute Gasteiger partial charge is 0.397 e. The van der Waals surface area contributed by atoms with Crippen LogP contribution in [0, 0.1) is 6.92 Å². The number of imidazole rings is 1. The number of carbonyl (C=O) groups excluding carboxylic acids is 1. The normalized spacial score (nSPS) is 12.1. The molecule has 0 aromatic carbocycles. The number of H-pyrrole nitrogens is 1. The summed E-state index contributed by atoms with van der Waals surface area (Å²) in [5.41, 5.74) is 7.23. The first-order valence-corrected chi connectivity index (χ1v) is 5.60. The molecule has 2 aromatic rings. The van der Waals surface area contributed by atoms with Crippen molar-refractivity contribution in [1.29, 1.82) is 0 Å². The van der Waals surface area contributed by atoms with Gasteiger partial charge in [-0.2, -0.15) is 0 Å². The molecule has 0 aliphatic heterocycles. The zero-order valence-corrected chi connectivity index (χ0v) is 10.3. The third-order valence-corrected chi connectivity index (χ3v) is 2.63. The summed E-state index contributed by atoms with van der Waals surface area (Å²) in [5.74, 6) is 0.495. The van der Waals surface area contributed by atoms with Crippen LogP contribution in [0.4, 0.5) is 5.69 Å². The number of nitrogen functional groups attached to an aromatic ring is 1. The minimum absolute atomic E-state index is 0.201. The van der Waals surface area contributed by atoms with Crippen molar-refractivity contribution in [2.24, 2.45) is 0 Å². The highest BCUT2D eigenvalue weighted by Gasteiger charge is 2.15. The highest BCUT2D eigenvalue weighted by atomic mass is 16.1. The zero-order valence-electron chi connectivity index (χ0n) is 10.3. The summed E-state index contributed by atoms with van der Waals surface area (Å²) in [4.78, 5) is 23.2. The first-order valence-electron chi connectivity index (χ1n) is 5.60. The molecule has 0 aliphatic rings. The summed E-state index contributed by atoms with van der Waals surface area (Å²) in [5, 5.41) is 2.84. The molecule has 6 heteroatoms. The van der Waals surface area contributed by atoms with Crippen LogP contribution >= 0.6 is 0 Å². The summed E-state index contributed by atoms with van der Waals surface area (Å²) in [6.45, 7) is 3.62. The van der Waals surface area contributed by atoms with Gasteiger partial charge in [0.05, 0.1) is 29.2 Å². The van der Waals surface area contributed by atoms with Gasteiger partial charge in [0, 0.05) is 12.4 Å². The topological polar surface area (TPSA) is 96.7 Å².